The van der Waals surface area contributed by atoms with Gasteiger partial charge in [0.1, 0.15) is 6.10 Å². The number of nitrogens with one attached hydrogen (secondary N) is 1. The van der Waals surface area contributed by atoms with Gasteiger partial charge in [-0.3, -0.25) is 4.79 Å². The fraction of sp³-hybridized carbons (Fsp3) is 0.917. The average Bonchev–Trinajstić information content (AvgIpc) is 3.09. The summed E-state index contributed by atoms with van der Waals surface area (Å²) in [7, 11) is 0. The third-order valence-electron chi connectivity index (χ3n) is 2.97. The number of amides is 1. The average molecular weight is 265 g/mol. The summed E-state index contributed by atoms with van der Waals surface area (Å²) in [6.45, 7) is 5.11. The van der Waals surface area contributed by atoms with Crippen LogP contribution in [0.4, 0.5) is 0 Å². The van der Waals surface area contributed by atoms with E-state index in [4.69, 9.17) is 10.5 Å². The van der Waals surface area contributed by atoms with Gasteiger partial charge >= 0.3 is 0 Å². The minimum Gasteiger partial charge on any atom is -0.369 e. The fourth-order valence-electron chi connectivity index (χ4n) is 1.53. The summed E-state index contributed by atoms with van der Waals surface area (Å²) in [5.41, 5.74) is 5.89. The lowest BCUT2D eigenvalue weighted by atomic mass is 10.2. The minimum atomic E-state index is -0.363. The van der Waals surface area contributed by atoms with Crippen LogP contribution in [0.25, 0.3) is 0 Å². The number of rotatable bonds is 8. The summed E-state index contributed by atoms with van der Waals surface area (Å²) < 4.78 is 5.40. The van der Waals surface area contributed by atoms with E-state index in [1.165, 1.54) is 12.8 Å². The molecule has 2 atom stereocenters. The molecule has 1 saturated carbocycles. The van der Waals surface area contributed by atoms with Gasteiger partial charge in [-0.2, -0.15) is 0 Å². The van der Waals surface area contributed by atoms with Crippen LogP contribution in [0.1, 0.15) is 39.5 Å². The third kappa shape index (κ3) is 6.86. The highest BCUT2D eigenvalue weighted by atomic mass is 35.5. The van der Waals surface area contributed by atoms with Gasteiger partial charge in [0, 0.05) is 19.2 Å². The van der Waals surface area contributed by atoms with E-state index >= 15 is 0 Å². The van der Waals surface area contributed by atoms with Crippen molar-refractivity contribution in [2.45, 2.75) is 51.7 Å². The normalized spacial score (nSPS) is 18.1. The minimum absolute atomic E-state index is 0. The van der Waals surface area contributed by atoms with Gasteiger partial charge < -0.3 is 15.8 Å². The Morgan fingerprint density at radius 3 is 2.71 bits per heavy atom. The Morgan fingerprint density at radius 1 is 1.53 bits per heavy atom. The van der Waals surface area contributed by atoms with Crippen LogP contribution in [0.3, 0.4) is 0 Å². The van der Waals surface area contributed by atoms with Crippen molar-refractivity contribution in [1.29, 1.82) is 0 Å². The Kier molecular flexibility index (Phi) is 8.56. The van der Waals surface area contributed by atoms with Crippen LogP contribution in [0.5, 0.6) is 0 Å². The zero-order chi connectivity index (χ0) is 12.0. The summed E-state index contributed by atoms with van der Waals surface area (Å²) in [4.78, 5) is 11.6. The van der Waals surface area contributed by atoms with Crippen molar-refractivity contribution in [3.63, 3.8) is 0 Å². The highest BCUT2D eigenvalue weighted by Crippen LogP contribution is 2.31. The fourth-order valence-corrected chi connectivity index (χ4v) is 1.53. The summed E-state index contributed by atoms with van der Waals surface area (Å²) in [5, 5.41) is 2.84. The van der Waals surface area contributed by atoms with Gasteiger partial charge in [-0.1, -0.05) is 13.3 Å². The van der Waals surface area contributed by atoms with E-state index in [1.807, 2.05) is 0 Å². The number of hydrogen-bond acceptors (Lipinski definition) is 3. The molecule has 0 aliphatic heterocycles. The first-order valence-electron chi connectivity index (χ1n) is 6.30. The van der Waals surface area contributed by atoms with E-state index in [-0.39, 0.29) is 30.5 Å². The number of halogens is 1. The van der Waals surface area contributed by atoms with Crippen molar-refractivity contribution in [3.05, 3.63) is 0 Å². The molecule has 5 heteroatoms. The SMILES string of the molecule is CCCCOC(C)C(=O)NCC(N)C1CC1.Cl. The van der Waals surface area contributed by atoms with Gasteiger partial charge in [0.15, 0.2) is 0 Å². The molecule has 0 radical (unpaired) electrons. The standard InChI is InChI=1S/C12H24N2O2.ClH/c1-3-4-7-16-9(2)12(15)14-8-11(13)10-5-6-10;/h9-11H,3-8,13H2,1-2H3,(H,14,15);1H. The topological polar surface area (TPSA) is 64.3 Å². The van der Waals surface area contributed by atoms with Crippen LogP contribution in [-0.4, -0.2) is 31.2 Å². The lowest BCUT2D eigenvalue weighted by Gasteiger charge is -2.15. The number of ether oxygens (including phenoxy) is 1. The molecule has 0 bridgehead atoms. The Balaban J connectivity index is 0.00000256. The highest BCUT2D eigenvalue weighted by Gasteiger charge is 2.28. The molecule has 4 nitrogen and oxygen atoms in total. The van der Waals surface area contributed by atoms with Crippen LogP contribution >= 0.6 is 12.4 Å². The molecule has 1 amide bonds. The lowest BCUT2D eigenvalue weighted by Crippen LogP contribution is -2.42. The molecule has 102 valence electrons. The second-order valence-electron chi connectivity index (χ2n) is 4.61. The summed E-state index contributed by atoms with van der Waals surface area (Å²) in [6.07, 6.45) is 4.14. The smallest absolute Gasteiger partial charge is 0.248 e. The molecule has 2 unspecified atom stereocenters. The van der Waals surface area contributed by atoms with Crippen LogP contribution in [0, 0.1) is 5.92 Å². The third-order valence-corrected chi connectivity index (χ3v) is 2.97. The Bertz CT molecular complexity index is 223. The molecule has 1 aliphatic rings. The molecule has 1 aliphatic carbocycles. The van der Waals surface area contributed by atoms with Crippen molar-refractivity contribution in [2.75, 3.05) is 13.2 Å². The molecule has 0 heterocycles. The number of carbonyl (C=O) groups excluding carboxylic acids is 1. The Labute approximate surface area is 110 Å². The maximum absolute atomic E-state index is 11.6. The van der Waals surface area contributed by atoms with Crippen molar-refractivity contribution in [2.24, 2.45) is 11.7 Å². The maximum atomic E-state index is 11.6. The first-order chi connectivity index (χ1) is 7.65. The summed E-state index contributed by atoms with van der Waals surface area (Å²) in [5.74, 6) is 0.573. The van der Waals surface area contributed by atoms with Gasteiger partial charge in [0.25, 0.3) is 0 Å². The molecular weight excluding hydrogens is 240 g/mol. The van der Waals surface area contributed by atoms with E-state index in [0.29, 0.717) is 19.1 Å². The molecule has 1 rings (SSSR count). The van der Waals surface area contributed by atoms with Gasteiger partial charge in [-0.15, -0.1) is 12.4 Å². The van der Waals surface area contributed by atoms with Crippen LogP contribution < -0.4 is 11.1 Å². The zero-order valence-electron chi connectivity index (χ0n) is 10.8. The van der Waals surface area contributed by atoms with Gasteiger partial charge in [-0.05, 0) is 32.1 Å². The second-order valence-corrected chi connectivity index (χ2v) is 4.61. The van der Waals surface area contributed by atoms with E-state index in [1.54, 1.807) is 6.92 Å². The Hall–Kier alpha value is -0.320. The van der Waals surface area contributed by atoms with Gasteiger partial charge in [0.2, 0.25) is 5.91 Å². The largest absolute Gasteiger partial charge is 0.369 e. The number of hydrogen-bond donors (Lipinski definition) is 2. The molecule has 0 aromatic heterocycles. The molecule has 0 spiro atoms. The molecule has 17 heavy (non-hydrogen) atoms. The predicted octanol–water partition coefficient (Wildman–Crippen LogP) is 1.47. The number of nitrogens with two attached hydrogens (primary N) is 1. The number of unbranched alkanes of at least 4 members (excludes halogenated alkanes) is 1. The van der Waals surface area contributed by atoms with E-state index in [2.05, 4.69) is 12.2 Å². The second kappa shape index (κ2) is 8.72. The summed E-state index contributed by atoms with van der Waals surface area (Å²) >= 11 is 0. The van der Waals surface area contributed by atoms with Crippen LogP contribution in [0.15, 0.2) is 0 Å². The summed E-state index contributed by atoms with van der Waals surface area (Å²) in [6, 6.07) is 0.117. The van der Waals surface area contributed by atoms with Crippen LogP contribution in [0.2, 0.25) is 0 Å². The van der Waals surface area contributed by atoms with Crippen LogP contribution in [-0.2, 0) is 9.53 Å². The molecule has 1 fully saturated rings. The first kappa shape index (κ1) is 16.7. The number of carbonyl (C=O) groups is 1. The monoisotopic (exact) mass is 264 g/mol. The first-order valence-corrected chi connectivity index (χ1v) is 6.30. The van der Waals surface area contributed by atoms with E-state index < -0.39 is 0 Å². The highest BCUT2D eigenvalue weighted by molar-refractivity contribution is 5.85. The van der Waals surface area contributed by atoms with Gasteiger partial charge in [0.05, 0.1) is 0 Å². The van der Waals surface area contributed by atoms with Gasteiger partial charge in [-0.25, -0.2) is 0 Å². The Morgan fingerprint density at radius 2 is 2.18 bits per heavy atom. The molecule has 0 saturated heterocycles. The maximum Gasteiger partial charge on any atom is 0.248 e. The predicted molar refractivity (Wildman–Crippen MR) is 71.3 cm³/mol. The molecule has 0 aromatic carbocycles. The van der Waals surface area contributed by atoms with Crippen molar-refractivity contribution in [1.82, 2.24) is 5.32 Å². The van der Waals surface area contributed by atoms with Crippen molar-refractivity contribution in [3.8, 4) is 0 Å². The van der Waals surface area contributed by atoms with E-state index in [9.17, 15) is 4.79 Å². The quantitative estimate of drug-likeness (QED) is 0.653. The van der Waals surface area contributed by atoms with Crippen molar-refractivity contribution < 1.29 is 9.53 Å². The molecular formula is C12H25ClN2O2. The zero-order valence-corrected chi connectivity index (χ0v) is 11.6. The molecule has 0 aromatic rings. The lowest BCUT2D eigenvalue weighted by molar-refractivity contribution is -0.131. The molecule has 3 N–H and O–H groups in total. The van der Waals surface area contributed by atoms with Crippen molar-refractivity contribution >= 4 is 18.3 Å². The van der Waals surface area contributed by atoms with E-state index in [0.717, 1.165) is 12.8 Å².